The van der Waals surface area contributed by atoms with E-state index in [1.807, 2.05) is 0 Å². The second-order valence-electron chi connectivity index (χ2n) is 5.02. The average Bonchev–Trinajstić information content (AvgIpc) is 3.10. The van der Waals surface area contributed by atoms with Crippen molar-refractivity contribution in [2.24, 2.45) is 0 Å². The largest absolute Gasteiger partial charge is 0.544 e. The van der Waals surface area contributed by atoms with Crippen LogP contribution in [0.25, 0.3) is 17.5 Å². The number of halogens is 1. The third kappa shape index (κ3) is 4.25. The van der Waals surface area contributed by atoms with Gasteiger partial charge in [-0.3, -0.25) is 0 Å². The molecule has 0 aliphatic heterocycles. The Balaban J connectivity index is 1.86. The summed E-state index contributed by atoms with van der Waals surface area (Å²) in [6, 6.07) is 13.9. The molecule has 0 spiro atoms. The highest BCUT2D eigenvalue weighted by Crippen LogP contribution is 2.31. The van der Waals surface area contributed by atoms with E-state index in [2.05, 4.69) is 10.2 Å². The normalized spacial score (nSPS) is 11.4. The van der Waals surface area contributed by atoms with Crippen molar-refractivity contribution in [2.75, 3.05) is 7.11 Å². The summed E-state index contributed by atoms with van der Waals surface area (Å²) in [5.41, 5.74) is 1.27. The number of hydrogen-bond acceptors (Lipinski definition) is 7. The van der Waals surface area contributed by atoms with E-state index in [9.17, 15) is 9.90 Å². The third-order valence-electron chi connectivity index (χ3n) is 3.32. The van der Waals surface area contributed by atoms with E-state index in [4.69, 9.17) is 20.8 Å². The lowest BCUT2D eigenvalue weighted by atomic mass is 10.2. The molecule has 0 atom stereocenters. The molecular weight excluding hydrogens is 376 g/mol. The summed E-state index contributed by atoms with van der Waals surface area (Å²) in [6.07, 6.45) is 1.44. The van der Waals surface area contributed by atoms with Gasteiger partial charge in [-0.2, -0.15) is 0 Å². The molecule has 0 saturated carbocycles. The van der Waals surface area contributed by atoms with Gasteiger partial charge in [-0.1, -0.05) is 29.8 Å². The van der Waals surface area contributed by atoms with Gasteiger partial charge in [0.25, 0.3) is 5.22 Å². The van der Waals surface area contributed by atoms with Gasteiger partial charge in [0.1, 0.15) is 5.75 Å². The molecular formula is C18H12ClN2O4S-. The van der Waals surface area contributed by atoms with Crippen LogP contribution in [-0.2, 0) is 4.79 Å². The molecule has 132 valence electrons. The van der Waals surface area contributed by atoms with E-state index in [-0.39, 0.29) is 16.0 Å². The number of nitrogens with zero attached hydrogens (tertiary/aromatic N) is 2. The van der Waals surface area contributed by atoms with Crippen molar-refractivity contribution in [3.8, 4) is 17.2 Å². The Kier molecular flexibility index (Phi) is 5.60. The number of para-hydroxylation sites is 1. The number of benzene rings is 2. The molecule has 0 N–H and O–H groups in total. The molecule has 1 heterocycles. The smallest absolute Gasteiger partial charge is 0.281 e. The predicted molar refractivity (Wildman–Crippen MR) is 96.6 cm³/mol. The van der Waals surface area contributed by atoms with Crippen molar-refractivity contribution in [3.05, 3.63) is 64.0 Å². The maximum absolute atomic E-state index is 11.5. The standard InChI is InChI=1S/C18H13ClN2O4S/c1-24-14-5-3-2-4-12(14)10-15(17(22)23)26-18-21-20-16(25-18)11-6-8-13(19)9-7-11/h2-10H,1H3,(H,22,23)/p-1/b15-10+. The van der Waals surface area contributed by atoms with Crippen LogP contribution in [0, 0.1) is 0 Å². The van der Waals surface area contributed by atoms with Crippen LogP contribution in [0.4, 0.5) is 0 Å². The zero-order valence-corrected chi connectivity index (χ0v) is 15.1. The molecule has 0 aliphatic rings. The number of aromatic nitrogens is 2. The van der Waals surface area contributed by atoms with Gasteiger partial charge < -0.3 is 19.1 Å². The number of hydrogen-bond donors (Lipinski definition) is 0. The Labute approximate surface area is 158 Å². The number of methoxy groups -OCH3 is 1. The van der Waals surface area contributed by atoms with Gasteiger partial charge in [-0.15, -0.1) is 10.2 Å². The van der Waals surface area contributed by atoms with E-state index in [1.165, 1.54) is 13.2 Å². The zero-order chi connectivity index (χ0) is 18.5. The van der Waals surface area contributed by atoms with Crippen LogP contribution in [0.5, 0.6) is 5.75 Å². The minimum Gasteiger partial charge on any atom is -0.544 e. The Morgan fingerprint density at radius 1 is 1.19 bits per heavy atom. The first-order valence-corrected chi connectivity index (χ1v) is 8.59. The van der Waals surface area contributed by atoms with Crippen LogP contribution < -0.4 is 9.84 Å². The van der Waals surface area contributed by atoms with Crippen molar-refractivity contribution in [3.63, 3.8) is 0 Å². The highest BCUT2D eigenvalue weighted by molar-refractivity contribution is 8.03. The summed E-state index contributed by atoms with van der Waals surface area (Å²) in [7, 11) is 1.51. The molecule has 0 aliphatic carbocycles. The van der Waals surface area contributed by atoms with Crippen LogP contribution in [-0.4, -0.2) is 23.3 Å². The van der Waals surface area contributed by atoms with Gasteiger partial charge in [-0.05, 0) is 48.2 Å². The maximum Gasteiger partial charge on any atom is 0.281 e. The van der Waals surface area contributed by atoms with Gasteiger partial charge in [0, 0.05) is 21.1 Å². The van der Waals surface area contributed by atoms with Crippen molar-refractivity contribution < 1.29 is 19.1 Å². The fourth-order valence-electron chi connectivity index (χ4n) is 2.11. The minimum atomic E-state index is -1.35. The molecule has 0 unspecified atom stereocenters. The van der Waals surface area contributed by atoms with Crippen LogP contribution >= 0.6 is 23.4 Å². The first kappa shape index (κ1) is 18.0. The number of rotatable bonds is 6. The maximum atomic E-state index is 11.5. The predicted octanol–water partition coefficient (Wildman–Crippen LogP) is 3.28. The van der Waals surface area contributed by atoms with E-state index >= 15 is 0 Å². The topological polar surface area (TPSA) is 88.3 Å². The van der Waals surface area contributed by atoms with Crippen molar-refractivity contribution in [2.45, 2.75) is 5.22 Å². The molecule has 0 amide bonds. The molecule has 3 rings (SSSR count). The third-order valence-corrected chi connectivity index (χ3v) is 4.42. The lowest BCUT2D eigenvalue weighted by Crippen LogP contribution is -2.23. The fraction of sp³-hybridized carbons (Fsp3) is 0.0556. The van der Waals surface area contributed by atoms with Crippen molar-refractivity contribution in [1.29, 1.82) is 0 Å². The molecule has 26 heavy (non-hydrogen) atoms. The first-order chi connectivity index (χ1) is 12.6. The lowest BCUT2D eigenvalue weighted by Gasteiger charge is -2.08. The van der Waals surface area contributed by atoms with Gasteiger partial charge in [0.2, 0.25) is 5.89 Å². The van der Waals surface area contributed by atoms with Gasteiger partial charge >= 0.3 is 0 Å². The number of carboxylic acids is 1. The molecule has 3 aromatic rings. The average molecular weight is 388 g/mol. The molecule has 0 radical (unpaired) electrons. The number of ether oxygens (including phenoxy) is 1. The van der Waals surface area contributed by atoms with Crippen molar-refractivity contribution >= 4 is 35.4 Å². The number of aliphatic carboxylic acids is 1. The van der Waals surface area contributed by atoms with Gasteiger partial charge in [-0.25, -0.2) is 0 Å². The molecule has 0 saturated heterocycles. The quantitative estimate of drug-likeness (QED) is 0.473. The summed E-state index contributed by atoms with van der Waals surface area (Å²) in [6.45, 7) is 0. The summed E-state index contributed by atoms with van der Waals surface area (Å²) >= 11 is 6.66. The van der Waals surface area contributed by atoms with Crippen LogP contribution in [0.1, 0.15) is 5.56 Å². The summed E-state index contributed by atoms with van der Waals surface area (Å²) in [5, 5.41) is 19.9. The second-order valence-corrected chi connectivity index (χ2v) is 6.45. The highest BCUT2D eigenvalue weighted by atomic mass is 35.5. The number of thioether (sulfide) groups is 1. The van der Waals surface area contributed by atoms with Crippen LogP contribution in [0.2, 0.25) is 5.02 Å². The molecule has 8 heteroatoms. The molecule has 6 nitrogen and oxygen atoms in total. The minimum absolute atomic E-state index is 0.0826. The number of carbonyl (C=O) groups excluding carboxylic acids is 1. The van der Waals surface area contributed by atoms with Crippen LogP contribution in [0.3, 0.4) is 0 Å². The summed E-state index contributed by atoms with van der Waals surface area (Å²) < 4.78 is 10.7. The number of carboxylic acid groups (broad SMARTS) is 1. The molecule has 0 bridgehead atoms. The molecule has 2 aromatic carbocycles. The number of carbonyl (C=O) groups is 1. The van der Waals surface area contributed by atoms with Gasteiger partial charge in [0.15, 0.2) is 0 Å². The lowest BCUT2D eigenvalue weighted by molar-refractivity contribution is -0.298. The zero-order valence-electron chi connectivity index (χ0n) is 13.5. The Hall–Kier alpha value is -2.77. The molecule has 0 fully saturated rings. The second kappa shape index (κ2) is 8.07. The molecule has 1 aromatic heterocycles. The fourth-order valence-corrected chi connectivity index (χ4v) is 2.90. The van der Waals surface area contributed by atoms with Crippen molar-refractivity contribution in [1.82, 2.24) is 10.2 Å². The Morgan fingerprint density at radius 2 is 1.92 bits per heavy atom. The first-order valence-electron chi connectivity index (χ1n) is 7.40. The van der Waals surface area contributed by atoms with E-state index in [0.717, 1.165) is 11.8 Å². The highest BCUT2D eigenvalue weighted by Gasteiger charge is 2.13. The SMILES string of the molecule is COc1ccccc1/C=C(/Sc1nnc(-c2ccc(Cl)cc2)o1)C(=O)[O-]. The van der Waals surface area contributed by atoms with E-state index < -0.39 is 5.97 Å². The summed E-state index contributed by atoms with van der Waals surface area (Å²) in [4.78, 5) is 11.4. The van der Waals surface area contributed by atoms with Crippen LogP contribution in [0.15, 0.2) is 63.1 Å². The Bertz CT molecular complexity index is 954. The Morgan fingerprint density at radius 3 is 2.62 bits per heavy atom. The summed E-state index contributed by atoms with van der Waals surface area (Å²) in [5.74, 6) is -0.550. The van der Waals surface area contributed by atoms with E-state index in [1.54, 1.807) is 48.5 Å². The van der Waals surface area contributed by atoms with E-state index in [0.29, 0.717) is 21.9 Å². The monoisotopic (exact) mass is 387 g/mol. The van der Waals surface area contributed by atoms with Gasteiger partial charge in [0.05, 0.1) is 13.1 Å².